The zero-order valence-electron chi connectivity index (χ0n) is 17.7. The minimum Gasteiger partial charge on any atom is -0.383 e. The molecule has 4 rings (SSSR count). The third-order valence-corrected chi connectivity index (χ3v) is 5.64. The van der Waals surface area contributed by atoms with Crippen LogP contribution in [-0.2, 0) is 16.1 Å². The maximum Gasteiger partial charge on any atom is 0.254 e. The summed E-state index contributed by atoms with van der Waals surface area (Å²) in [5, 5.41) is 2.97. The molecule has 2 amide bonds. The van der Waals surface area contributed by atoms with Crippen LogP contribution in [0.25, 0.3) is 0 Å². The van der Waals surface area contributed by atoms with E-state index in [1.807, 2.05) is 30.3 Å². The second kappa shape index (κ2) is 9.70. The van der Waals surface area contributed by atoms with E-state index in [9.17, 15) is 14.0 Å². The number of nitrogens with zero attached hydrogens (tertiary/aromatic N) is 2. The fourth-order valence-corrected chi connectivity index (χ4v) is 4.13. The fourth-order valence-electron chi connectivity index (χ4n) is 4.13. The Morgan fingerprint density at radius 1 is 1.09 bits per heavy atom. The lowest BCUT2D eigenvalue weighted by molar-refractivity contribution is -0.124. The summed E-state index contributed by atoms with van der Waals surface area (Å²) in [5.74, 6) is -1.46. The standard InChI is InChI=1S/C25H24FN3O3/c1-32-15-14-29-23(17-9-11-18(26)12-10-17)22(20-7-2-3-8-21(20)25(29)31)24(30)28-16-19-6-4-5-13-27-19/h2-13,22-23H,14-16H2,1H3,(H,28,30)/t22-,23+/m1/s1. The lowest BCUT2D eigenvalue weighted by Gasteiger charge is -2.41. The van der Waals surface area contributed by atoms with Crippen molar-refractivity contribution in [2.75, 3.05) is 20.3 Å². The van der Waals surface area contributed by atoms with Crippen molar-refractivity contribution in [3.63, 3.8) is 0 Å². The number of carbonyl (C=O) groups is 2. The zero-order chi connectivity index (χ0) is 22.5. The molecule has 2 heterocycles. The molecule has 0 radical (unpaired) electrons. The van der Waals surface area contributed by atoms with Gasteiger partial charge in [-0.3, -0.25) is 14.6 Å². The minimum atomic E-state index is -0.671. The van der Waals surface area contributed by atoms with Gasteiger partial charge < -0.3 is 15.0 Å². The molecule has 164 valence electrons. The zero-order valence-corrected chi connectivity index (χ0v) is 17.7. The molecule has 0 saturated heterocycles. The second-order valence-corrected chi connectivity index (χ2v) is 7.59. The number of halogens is 1. The van der Waals surface area contributed by atoms with Crippen molar-refractivity contribution >= 4 is 11.8 Å². The smallest absolute Gasteiger partial charge is 0.254 e. The summed E-state index contributed by atoms with van der Waals surface area (Å²) in [5.41, 5.74) is 2.55. The van der Waals surface area contributed by atoms with Crippen LogP contribution in [0.2, 0.25) is 0 Å². The van der Waals surface area contributed by atoms with E-state index < -0.39 is 12.0 Å². The largest absolute Gasteiger partial charge is 0.383 e. The Labute approximate surface area is 186 Å². The Bertz CT molecular complexity index is 1090. The Kier molecular flexibility index (Phi) is 6.56. The van der Waals surface area contributed by atoms with Gasteiger partial charge in [0.1, 0.15) is 5.82 Å². The van der Waals surface area contributed by atoms with Gasteiger partial charge in [-0.15, -0.1) is 0 Å². The Morgan fingerprint density at radius 3 is 2.56 bits per heavy atom. The van der Waals surface area contributed by atoms with Crippen LogP contribution in [0.3, 0.4) is 0 Å². The van der Waals surface area contributed by atoms with Crippen molar-refractivity contribution in [2.24, 2.45) is 0 Å². The summed E-state index contributed by atoms with van der Waals surface area (Å²) >= 11 is 0. The number of hydrogen-bond acceptors (Lipinski definition) is 4. The van der Waals surface area contributed by atoms with Crippen molar-refractivity contribution < 1.29 is 18.7 Å². The molecule has 3 aromatic rings. The topological polar surface area (TPSA) is 71.5 Å². The molecule has 0 unspecified atom stereocenters. The highest BCUT2D eigenvalue weighted by molar-refractivity contribution is 6.01. The Morgan fingerprint density at radius 2 is 1.84 bits per heavy atom. The molecule has 7 heteroatoms. The molecule has 0 fully saturated rings. The van der Waals surface area contributed by atoms with E-state index in [2.05, 4.69) is 10.3 Å². The average molecular weight is 433 g/mol. The number of nitrogens with one attached hydrogen (secondary N) is 1. The first kappa shape index (κ1) is 21.6. The van der Waals surface area contributed by atoms with Crippen molar-refractivity contribution in [3.8, 4) is 0 Å². The van der Waals surface area contributed by atoms with Crippen LogP contribution in [0.15, 0.2) is 72.9 Å². The number of methoxy groups -OCH3 is 1. The van der Waals surface area contributed by atoms with Gasteiger partial charge in [0, 0.05) is 25.4 Å². The molecule has 1 aliphatic rings. The molecular weight excluding hydrogens is 409 g/mol. The molecule has 6 nitrogen and oxygen atoms in total. The van der Waals surface area contributed by atoms with E-state index in [-0.39, 0.29) is 24.2 Å². The summed E-state index contributed by atoms with van der Waals surface area (Å²) in [4.78, 5) is 32.8. The fraction of sp³-hybridized carbons (Fsp3) is 0.240. The van der Waals surface area contributed by atoms with Gasteiger partial charge in [-0.1, -0.05) is 36.4 Å². The third kappa shape index (κ3) is 4.38. The van der Waals surface area contributed by atoms with E-state index in [0.717, 1.165) is 5.69 Å². The quantitative estimate of drug-likeness (QED) is 0.620. The highest BCUT2D eigenvalue weighted by atomic mass is 19.1. The number of rotatable bonds is 7. The number of amides is 2. The minimum absolute atomic E-state index is 0.180. The first-order valence-electron chi connectivity index (χ1n) is 10.4. The number of carbonyl (C=O) groups excluding carboxylic acids is 2. The molecule has 2 atom stereocenters. The van der Waals surface area contributed by atoms with Crippen LogP contribution in [0.5, 0.6) is 0 Å². The lowest BCUT2D eigenvalue weighted by atomic mass is 9.79. The molecule has 2 aromatic carbocycles. The normalized spacial score (nSPS) is 17.7. The van der Waals surface area contributed by atoms with Gasteiger partial charge in [-0.2, -0.15) is 0 Å². The van der Waals surface area contributed by atoms with E-state index in [0.29, 0.717) is 29.8 Å². The highest BCUT2D eigenvalue weighted by Crippen LogP contribution is 2.42. The van der Waals surface area contributed by atoms with Gasteiger partial charge >= 0.3 is 0 Å². The van der Waals surface area contributed by atoms with Gasteiger partial charge in [0.2, 0.25) is 5.91 Å². The van der Waals surface area contributed by atoms with E-state index in [1.165, 1.54) is 12.1 Å². The van der Waals surface area contributed by atoms with Crippen LogP contribution in [0.1, 0.15) is 39.1 Å². The van der Waals surface area contributed by atoms with Crippen molar-refractivity contribution in [3.05, 3.63) is 101 Å². The number of ether oxygens (including phenoxy) is 1. The summed E-state index contributed by atoms with van der Waals surface area (Å²) in [6.45, 7) is 0.879. The first-order chi connectivity index (χ1) is 15.6. The van der Waals surface area contributed by atoms with E-state index in [1.54, 1.807) is 42.5 Å². The monoisotopic (exact) mass is 433 g/mol. The third-order valence-electron chi connectivity index (χ3n) is 5.64. The molecule has 0 aliphatic carbocycles. The van der Waals surface area contributed by atoms with Crippen LogP contribution >= 0.6 is 0 Å². The first-order valence-corrected chi connectivity index (χ1v) is 10.4. The molecule has 32 heavy (non-hydrogen) atoms. The maximum absolute atomic E-state index is 13.6. The molecular formula is C25H24FN3O3. The van der Waals surface area contributed by atoms with Gasteiger partial charge in [-0.25, -0.2) is 4.39 Å². The van der Waals surface area contributed by atoms with E-state index >= 15 is 0 Å². The van der Waals surface area contributed by atoms with Crippen molar-refractivity contribution in [1.82, 2.24) is 15.2 Å². The summed E-state index contributed by atoms with van der Waals surface area (Å²) in [7, 11) is 1.56. The number of hydrogen-bond donors (Lipinski definition) is 1. The second-order valence-electron chi connectivity index (χ2n) is 7.59. The van der Waals surface area contributed by atoms with Crippen molar-refractivity contribution in [2.45, 2.75) is 18.5 Å². The summed E-state index contributed by atoms with van der Waals surface area (Å²) in [6, 6.07) is 18.0. The summed E-state index contributed by atoms with van der Waals surface area (Å²) < 4.78 is 18.9. The van der Waals surface area contributed by atoms with Gasteiger partial charge in [0.05, 0.1) is 30.8 Å². The average Bonchev–Trinajstić information content (AvgIpc) is 2.83. The van der Waals surface area contributed by atoms with Gasteiger partial charge in [-0.05, 0) is 41.5 Å². The number of benzene rings is 2. The number of pyridine rings is 1. The highest BCUT2D eigenvalue weighted by Gasteiger charge is 2.43. The number of fused-ring (bicyclic) bond motifs is 1. The van der Waals surface area contributed by atoms with Crippen LogP contribution in [-0.4, -0.2) is 42.0 Å². The predicted molar refractivity (Wildman–Crippen MR) is 117 cm³/mol. The Balaban J connectivity index is 1.76. The molecule has 0 spiro atoms. The van der Waals surface area contributed by atoms with Crippen LogP contribution in [0.4, 0.5) is 4.39 Å². The SMILES string of the molecule is COCCN1C(=O)c2ccccc2[C@@H](C(=O)NCc2ccccn2)[C@@H]1c1ccc(F)cc1. The van der Waals surface area contributed by atoms with Crippen LogP contribution < -0.4 is 5.32 Å². The molecule has 1 aliphatic heterocycles. The molecule has 0 saturated carbocycles. The predicted octanol–water partition coefficient (Wildman–Crippen LogP) is 3.46. The Hall–Kier alpha value is -3.58. The molecule has 1 aromatic heterocycles. The van der Waals surface area contributed by atoms with Crippen LogP contribution in [0, 0.1) is 5.82 Å². The molecule has 1 N–H and O–H groups in total. The number of aromatic nitrogens is 1. The maximum atomic E-state index is 13.6. The lowest BCUT2D eigenvalue weighted by Crippen LogP contribution is -2.48. The van der Waals surface area contributed by atoms with Gasteiger partial charge in [0.15, 0.2) is 0 Å². The van der Waals surface area contributed by atoms with Crippen molar-refractivity contribution in [1.29, 1.82) is 0 Å². The van der Waals surface area contributed by atoms with E-state index in [4.69, 9.17) is 4.74 Å². The van der Waals surface area contributed by atoms with Gasteiger partial charge in [0.25, 0.3) is 5.91 Å². The summed E-state index contributed by atoms with van der Waals surface area (Å²) in [6.07, 6.45) is 1.67. The molecule has 0 bridgehead atoms.